The molecule has 5 amide bonds. The maximum Gasteiger partial charge on any atom is 0.408 e. The predicted octanol–water partition coefficient (Wildman–Crippen LogP) is 5.14. The smallest absolute Gasteiger partial charge is 0.408 e. The molecule has 11 atom stereocenters. The number of carbonyl (C=O) groups is 5. The summed E-state index contributed by atoms with van der Waals surface area (Å²) in [7, 11) is 4.81. The topological polar surface area (TPSA) is 171 Å². The van der Waals surface area contributed by atoms with Crippen LogP contribution in [0.5, 0.6) is 0 Å². The fraction of sp³-hybridized carbons (Fsp3) is 0.674. The first-order valence-electron chi connectivity index (χ1n) is 20.9. The number of hydrogen-bond acceptors (Lipinski definition) is 9. The molecular weight excluding hydrogens is 761 g/mol. The maximum atomic E-state index is 14.4. The summed E-state index contributed by atoms with van der Waals surface area (Å²) in [6.07, 6.45) is 4.26. The molecule has 1 saturated carbocycles. The first-order valence-corrected chi connectivity index (χ1v) is 21.8. The molecule has 3 heterocycles. The van der Waals surface area contributed by atoms with Gasteiger partial charge in [-0.2, -0.15) is 0 Å². The summed E-state index contributed by atoms with van der Waals surface area (Å²) in [6.45, 7) is 10.1. The molecule has 1 aliphatic carbocycles. The van der Waals surface area contributed by atoms with Gasteiger partial charge in [0.2, 0.25) is 23.6 Å². The average molecular weight is 825 g/mol. The highest BCUT2D eigenvalue weighted by atomic mass is 32.1. The number of carbonyl (C=O) groups excluding carboxylic acids is 4. The van der Waals surface area contributed by atoms with Gasteiger partial charge in [0.05, 0.1) is 42.7 Å². The van der Waals surface area contributed by atoms with E-state index >= 15 is 0 Å². The second kappa shape index (κ2) is 20.3. The molecular formula is C43H64N6O8S. The second-order valence-electron chi connectivity index (χ2n) is 16.8. The predicted molar refractivity (Wildman–Crippen MR) is 221 cm³/mol. The van der Waals surface area contributed by atoms with Gasteiger partial charge >= 0.3 is 6.09 Å². The van der Waals surface area contributed by atoms with Gasteiger partial charge in [-0.25, -0.2) is 9.78 Å². The number of likely N-dealkylation sites (tertiary alicyclic amines) is 2. The van der Waals surface area contributed by atoms with Crippen LogP contribution in [0, 0.1) is 23.7 Å². The fourth-order valence-corrected chi connectivity index (χ4v) is 10.3. The number of ether oxygens (including phenoxy) is 2. The highest BCUT2D eigenvalue weighted by Crippen LogP contribution is 2.42. The third-order valence-corrected chi connectivity index (χ3v) is 13.8. The molecule has 58 heavy (non-hydrogen) atoms. The summed E-state index contributed by atoms with van der Waals surface area (Å²) >= 11 is 1.49. The van der Waals surface area contributed by atoms with Crippen LogP contribution >= 0.6 is 11.3 Å². The van der Waals surface area contributed by atoms with Gasteiger partial charge in [-0.1, -0.05) is 71.4 Å². The van der Waals surface area contributed by atoms with Crippen LogP contribution < -0.4 is 10.6 Å². The molecule has 1 aromatic carbocycles. The van der Waals surface area contributed by atoms with Crippen molar-refractivity contribution in [3.8, 4) is 0 Å². The van der Waals surface area contributed by atoms with E-state index in [1.54, 1.807) is 32.4 Å². The lowest BCUT2D eigenvalue weighted by atomic mass is 9.89. The Morgan fingerprint density at radius 2 is 1.74 bits per heavy atom. The molecule has 0 spiro atoms. The van der Waals surface area contributed by atoms with E-state index in [9.17, 15) is 29.1 Å². The molecule has 2 saturated heterocycles. The van der Waals surface area contributed by atoms with Crippen molar-refractivity contribution in [3.63, 3.8) is 0 Å². The number of carboxylic acid groups (broad SMARTS) is 1. The van der Waals surface area contributed by atoms with Crippen LogP contribution in [-0.2, 0) is 35.1 Å². The summed E-state index contributed by atoms with van der Waals surface area (Å²) in [5.74, 6) is -2.12. The highest BCUT2D eigenvalue weighted by Gasteiger charge is 2.52. The Labute approximate surface area is 347 Å². The number of methoxy groups -OCH3 is 2. The Kier molecular flexibility index (Phi) is 15.7. The minimum absolute atomic E-state index is 0.00272. The molecule has 2 bridgehead atoms. The number of likely N-dealkylation sites (N-methyl/N-ethyl adjacent to an activating group) is 1. The summed E-state index contributed by atoms with van der Waals surface area (Å²) in [5.41, 5.74) is 1.08. The van der Waals surface area contributed by atoms with Crippen molar-refractivity contribution in [1.82, 2.24) is 30.3 Å². The van der Waals surface area contributed by atoms with Gasteiger partial charge in [-0.3, -0.25) is 24.1 Å². The molecule has 320 valence electrons. The van der Waals surface area contributed by atoms with E-state index in [1.807, 2.05) is 75.2 Å². The fourth-order valence-electron chi connectivity index (χ4n) is 9.64. The SMILES string of the molecule is CC[C@H](C)[C@@H]([C@@H](CC(=O)N1CCC[C@H]1[C@H](OC)[C@@H](C)C(=O)N[C@@H](Cc1ccccc1)c1nccs1)OC)N(C)C(=O)[C@@H](NC(=O)[C@@H]1[C@H]2CC[C@H](C2)N1C(=O)O)C(C)C. The van der Waals surface area contributed by atoms with Crippen molar-refractivity contribution in [2.75, 3.05) is 27.8 Å². The lowest BCUT2D eigenvalue weighted by Gasteiger charge is -2.41. The van der Waals surface area contributed by atoms with Gasteiger partial charge in [0.25, 0.3) is 0 Å². The maximum absolute atomic E-state index is 14.4. The van der Waals surface area contributed by atoms with Gasteiger partial charge in [0, 0.05) is 45.4 Å². The number of aromatic nitrogens is 1. The van der Waals surface area contributed by atoms with Crippen molar-refractivity contribution in [2.45, 2.75) is 134 Å². The van der Waals surface area contributed by atoms with E-state index in [-0.39, 0.29) is 60.0 Å². The Bertz CT molecular complexity index is 1700. The lowest BCUT2D eigenvalue weighted by molar-refractivity contribution is -0.148. The zero-order chi connectivity index (χ0) is 42.3. The molecule has 2 aromatic rings. The largest absolute Gasteiger partial charge is 0.465 e. The summed E-state index contributed by atoms with van der Waals surface area (Å²) in [6, 6.07) is 6.87. The van der Waals surface area contributed by atoms with Crippen molar-refractivity contribution in [3.05, 3.63) is 52.5 Å². The quantitative estimate of drug-likeness (QED) is 0.174. The summed E-state index contributed by atoms with van der Waals surface area (Å²) in [4.78, 5) is 77.7. The van der Waals surface area contributed by atoms with Gasteiger partial charge < -0.3 is 35.0 Å². The van der Waals surface area contributed by atoms with Gasteiger partial charge in [-0.15, -0.1) is 11.3 Å². The number of amides is 5. The normalized spacial score (nSPS) is 23.8. The van der Waals surface area contributed by atoms with E-state index < -0.39 is 48.3 Å². The molecule has 3 fully saturated rings. The zero-order valence-electron chi connectivity index (χ0n) is 35.3. The Morgan fingerprint density at radius 1 is 1.02 bits per heavy atom. The van der Waals surface area contributed by atoms with Crippen molar-refractivity contribution in [2.24, 2.45) is 23.7 Å². The first-order chi connectivity index (χ1) is 27.7. The number of thiazole rings is 1. The molecule has 2 aliphatic heterocycles. The molecule has 5 rings (SSSR count). The van der Waals surface area contributed by atoms with E-state index in [0.717, 1.165) is 29.8 Å². The lowest BCUT2D eigenvalue weighted by Crippen LogP contribution is -2.60. The van der Waals surface area contributed by atoms with E-state index in [1.165, 1.54) is 16.2 Å². The van der Waals surface area contributed by atoms with Crippen LogP contribution in [0.25, 0.3) is 0 Å². The van der Waals surface area contributed by atoms with Crippen LogP contribution in [-0.4, -0.2) is 125 Å². The molecule has 0 unspecified atom stereocenters. The van der Waals surface area contributed by atoms with Gasteiger partial charge in [-0.05, 0) is 61.8 Å². The number of nitrogens with zero attached hydrogens (tertiary/aromatic N) is 4. The van der Waals surface area contributed by atoms with E-state index in [2.05, 4.69) is 15.6 Å². The second-order valence-corrected chi connectivity index (χ2v) is 17.7. The van der Waals surface area contributed by atoms with Crippen LogP contribution in [0.3, 0.4) is 0 Å². The molecule has 0 radical (unpaired) electrons. The Hall–Kier alpha value is -4.08. The number of hydrogen-bond donors (Lipinski definition) is 3. The van der Waals surface area contributed by atoms with Crippen molar-refractivity contribution >= 4 is 41.1 Å². The minimum atomic E-state index is -1.12. The Balaban J connectivity index is 1.28. The molecule has 15 heteroatoms. The van der Waals surface area contributed by atoms with Crippen molar-refractivity contribution < 1.29 is 38.6 Å². The minimum Gasteiger partial charge on any atom is -0.465 e. The highest BCUT2D eigenvalue weighted by molar-refractivity contribution is 7.09. The van der Waals surface area contributed by atoms with E-state index in [0.29, 0.717) is 32.2 Å². The first kappa shape index (κ1) is 45.0. The number of benzene rings is 1. The van der Waals surface area contributed by atoms with Crippen LogP contribution in [0.15, 0.2) is 41.9 Å². The van der Waals surface area contributed by atoms with Crippen LogP contribution in [0.1, 0.15) is 96.2 Å². The van der Waals surface area contributed by atoms with Crippen LogP contribution in [0.2, 0.25) is 0 Å². The average Bonchev–Trinajstić information content (AvgIpc) is 4.05. The molecule has 14 nitrogen and oxygen atoms in total. The standard InChI is InChI=1S/C43H64N6O8S/c1-9-26(4)36(47(6)42(53)35(25(2)3)46-40(52)37-29-17-18-30(23-29)49(37)43(54)55)33(56-7)24-34(50)48-20-13-16-32(48)38(57-8)27(5)39(51)45-31(41-44-19-21-58-41)22-28-14-11-10-12-15-28/h10-12,14-15,19,21,25-27,29-33,35-38H,9,13,16-18,20,22-24H2,1-8H3,(H,45,51)(H,46,52)(H,54,55)/t26-,27+,29-,30+,31-,32-,33+,35-,36-,37-,38+/m0/s1. The number of nitrogens with one attached hydrogen (secondary N) is 2. The number of rotatable bonds is 19. The summed E-state index contributed by atoms with van der Waals surface area (Å²) < 4.78 is 12.1. The third kappa shape index (κ3) is 10.0. The molecule has 3 aliphatic rings. The Morgan fingerprint density at radius 3 is 2.34 bits per heavy atom. The number of fused-ring (bicyclic) bond motifs is 2. The molecule has 1 aromatic heterocycles. The van der Waals surface area contributed by atoms with Gasteiger partial charge in [0.15, 0.2) is 0 Å². The van der Waals surface area contributed by atoms with Gasteiger partial charge in [0.1, 0.15) is 17.1 Å². The monoisotopic (exact) mass is 824 g/mol. The molecule has 3 N–H and O–H groups in total. The van der Waals surface area contributed by atoms with E-state index in [4.69, 9.17) is 9.47 Å². The van der Waals surface area contributed by atoms with Crippen molar-refractivity contribution in [1.29, 1.82) is 0 Å². The number of piperidine rings is 1. The third-order valence-electron chi connectivity index (χ3n) is 12.9. The zero-order valence-corrected chi connectivity index (χ0v) is 36.2. The van der Waals surface area contributed by atoms with Crippen LogP contribution in [0.4, 0.5) is 4.79 Å². The summed E-state index contributed by atoms with van der Waals surface area (Å²) in [5, 5.41) is 18.8.